The normalized spacial score (nSPS) is 9.09. The summed E-state index contributed by atoms with van der Waals surface area (Å²) in [5.74, 6) is 0. The molecule has 0 aliphatic rings. The third-order valence-electron chi connectivity index (χ3n) is 1.11. The number of rotatable bonds is 0. The molecule has 0 aliphatic carbocycles. The molecule has 2 aromatic rings. The molecule has 11 heavy (non-hydrogen) atoms. The molecule has 0 amide bonds. The minimum absolute atomic E-state index is 1.17. The second-order valence-corrected chi connectivity index (χ2v) is 1.92. The maximum absolute atomic E-state index is 6.03. The molecule has 0 saturated heterocycles. The molecular weight excluding hydrogens is 306 g/mol. The molecule has 0 N–H and O–H groups in total. The maximum Gasteiger partial charge on any atom is -0.172 e. The molecule has 2 rings (SSSR count). The Bertz CT molecular complexity index is 165. The molecule has 0 aliphatic heterocycles. The standard InChI is InChI=1S/2C5H5.Re.2H/c2*1-2-4-5-3-1;;;/h2*1-5H;;;/q2*-1;;;/i;;;2*1+1. The van der Waals surface area contributed by atoms with E-state index in [4.69, 9.17) is 1.57 Å². The topological polar surface area (TPSA) is 0 Å². The molecular formula is C10H12Re-2. The van der Waals surface area contributed by atoms with Crippen LogP contribution in [0.1, 0.15) is 0 Å². The van der Waals surface area contributed by atoms with Gasteiger partial charge in [-0.1, -0.05) is 0 Å². The summed E-state index contributed by atoms with van der Waals surface area (Å²) in [5.41, 5.74) is 0. The molecule has 0 unspecified atom stereocenters. The van der Waals surface area contributed by atoms with Crippen molar-refractivity contribution < 1.29 is 20.1 Å². The first-order valence-corrected chi connectivity index (χ1v) is 3.33. The van der Waals surface area contributed by atoms with Crippen LogP contribution in [0.3, 0.4) is 0 Å². The first kappa shape index (κ1) is 7.04. The van der Waals surface area contributed by atoms with Gasteiger partial charge < -0.3 is 0 Å². The van der Waals surface area contributed by atoms with E-state index in [9.17, 15) is 0 Å². The summed E-state index contributed by atoms with van der Waals surface area (Å²) < 4.78 is 12.1. The van der Waals surface area contributed by atoms with Gasteiger partial charge in [-0.2, -0.15) is 36.4 Å². The van der Waals surface area contributed by atoms with E-state index in [2.05, 4.69) is 0 Å². The SMILES string of the molecule is [2H][Re][2H].c1cc[cH-]c1.c1cc[cH-]c1. The van der Waals surface area contributed by atoms with Gasteiger partial charge in [0.15, 0.2) is 0 Å². The Morgan fingerprint density at radius 2 is 1.09 bits per heavy atom. The molecule has 0 heterocycles. The van der Waals surface area contributed by atoms with Crippen molar-refractivity contribution in [3.63, 3.8) is 0 Å². The molecule has 0 nitrogen and oxygen atoms in total. The van der Waals surface area contributed by atoms with Crippen molar-refractivity contribution in [1.82, 2.24) is 0 Å². The van der Waals surface area contributed by atoms with Crippen molar-refractivity contribution in [2.45, 2.75) is 0 Å². The third-order valence-corrected chi connectivity index (χ3v) is 1.11. The fraction of sp³-hybridized carbons (Fsp3) is 0. The van der Waals surface area contributed by atoms with Crippen molar-refractivity contribution in [2.24, 2.45) is 0 Å². The van der Waals surface area contributed by atoms with E-state index in [0.29, 0.717) is 0 Å². The van der Waals surface area contributed by atoms with Gasteiger partial charge in [0.25, 0.3) is 0 Å². The quantitative estimate of drug-likeness (QED) is 0.653. The molecule has 0 fully saturated rings. The van der Waals surface area contributed by atoms with Crippen LogP contribution < -0.4 is 0 Å². The van der Waals surface area contributed by atoms with Crippen molar-refractivity contribution in [3.8, 4) is 0 Å². The van der Waals surface area contributed by atoms with Gasteiger partial charge in [0.1, 0.15) is 0 Å². The summed E-state index contributed by atoms with van der Waals surface area (Å²) >= 11 is -1.17. The second-order valence-electron chi connectivity index (χ2n) is 1.92. The van der Waals surface area contributed by atoms with Crippen LogP contribution in [-0.2, 0) is 20.1 Å². The van der Waals surface area contributed by atoms with E-state index in [-0.39, 0.29) is 0 Å². The zero-order valence-corrected chi connectivity index (χ0v) is 8.87. The number of hydrogen-bond donors (Lipinski definition) is 0. The van der Waals surface area contributed by atoms with Crippen LogP contribution in [0.5, 0.6) is 0 Å². The molecule has 0 bridgehead atoms. The van der Waals surface area contributed by atoms with Crippen LogP contribution >= 0.6 is 0 Å². The van der Waals surface area contributed by atoms with Crippen LogP contribution in [0, 0.1) is 0 Å². The molecule has 61 valence electrons. The molecule has 1 heteroatoms. The van der Waals surface area contributed by atoms with Gasteiger partial charge in [0.05, 0.1) is 0 Å². The van der Waals surface area contributed by atoms with E-state index in [0.717, 1.165) is 0 Å². The average Bonchev–Trinajstić information content (AvgIpc) is 2.85. The largest absolute Gasteiger partial charge is 0.214 e. The van der Waals surface area contributed by atoms with Crippen LogP contribution in [0.4, 0.5) is 0 Å². The van der Waals surface area contributed by atoms with Gasteiger partial charge in [-0.15, -0.1) is 0 Å². The van der Waals surface area contributed by atoms with Crippen molar-refractivity contribution in [1.29, 1.82) is 1.57 Å². The first-order chi connectivity index (χ1) is 6.41. The number of hydrogen-bond acceptors (Lipinski definition) is 0. The summed E-state index contributed by atoms with van der Waals surface area (Å²) in [6, 6.07) is 20.0. The van der Waals surface area contributed by atoms with Gasteiger partial charge >= 0.3 is 21.7 Å². The van der Waals surface area contributed by atoms with Crippen molar-refractivity contribution >= 4 is 0 Å². The predicted molar refractivity (Wildman–Crippen MR) is 46.9 cm³/mol. The van der Waals surface area contributed by atoms with Crippen LogP contribution in [-0.4, -0.2) is 1.57 Å². The zero-order chi connectivity index (χ0) is 9.78. The van der Waals surface area contributed by atoms with E-state index in [1.54, 1.807) is 0 Å². The Labute approximate surface area is 82.6 Å². The summed E-state index contributed by atoms with van der Waals surface area (Å²) in [7, 11) is 0. The molecule has 0 saturated carbocycles. The van der Waals surface area contributed by atoms with E-state index >= 15 is 0 Å². The maximum atomic E-state index is 6.03. The van der Waals surface area contributed by atoms with Crippen LogP contribution in [0.25, 0.3) is 0 Å². The predicted octanol–water partition coefficient (Wildman–Crippen LogP) is 2.27. The van der Waals surface area contributed by atoms with E-state index in [1.807, 2.05) is 60.7 Å². The van der Waals surface area contributed by atoms with Crippen molar-refractivity contribution in [3.05, 3.63) is 60.7 Å². The summed E-state index contributed by atoms with van der Waals surface area (Å²) in [4.78, 5) is 0. The summed E-state index contributed by atoms with van der Waals surface area (Å²) in [5, 5.41) is 0. The summed E-state index contributed by atoms with van der Waals surface area (Å²) in [6.45, 7) is 0. The van der Waals surface area contributed by atoms with E-state index in [1.165, 1.54) is 0 Å². The molecule has 0 radical (unpaired) electrons. The Balaban J connectivity index is 0.000000174. The molecule has 2 aromatic carbocycles. The van der Waals surface area contributed by atoms with Crippen molar-refractivity contribution in [2.75, 3.05) is 0 Å². The monoisotopic (exact) mass is 321 g/mol. The Morgan fingerprint density at radius 1 is 0.818 bits per heavy atom. The average molecular weight is 320 g/mol. The Morgan fingerprint density at radius 3 is 1.18 bits per heavy atom. The Hall–Kier alpha value is -0.638. The Kier molecular flexibility index (Phi) is 4.78. The van der Waals surface area contributed by atoms with Gasteiger partial charge in [0.2, 0.25) is 0 Å². The molecule has 0 aromatic heterocycles. The summed E-state index contributed by atoms with van der Waals surface area (Å²) in [6.07, 6.45) is 0. The smallest absolute Gasteiger partial charge is 0.172 e. The van der Waals surface area contributed by atoms with E-state index < -0.39 is 20.1 Å². The van der Waals surface area contributed by atoms with Crippen LogP contribution in [0.15, 0.2) is 60.7 Å². The van der Waals surface area contributed by atoms with Gasteiger partial charge in [-0.3, -0.25) is 0 Å². The fourth-order valence-corrected chi connectivity index (χ4v) is 0.642. The van der Waals surface area contributed by atoms with Gasteiger partial charge in [-0.25, -0.2) is 24.3 Å². The first-order valence-electron chi connectivity index (χ1n) is 4.09. The zero-order valence-electron chi connectivity index (χ0n) is 8.15. The van der Waals surface area contributed by atoms with Crippen LogP contribution in [0.2, 0.25) is 0 Å². The third kappa shape index (κ3) is 5.79. The van der Waals surface area contributed by atoms with Gasteiger partial charge in [0, 0.05) is 0 Å². The fourth-order valence-electron chi connectivity index (χ4n) is 0.642. The molecule has 0 spiro atoms. The second kappa shape index (κ2) is 7.47. The molecule has 0 atom stereocenters. The van der Waals surface area contributed by atoms with Gasteiger partial charge in [-0.05, 0) is 0 Å². The minimum atomic E-state index is -1.17. The minimum Gasteiger partial charge on any atom is -0.214 e.